The number of aromatic nitrogens is 4. The molecule has 0 aliphatic carbocycles. The Morgan fingerprint density at radius 1 is 1.29 bits per heavy atom. The lowest BCUT2D eigenvalue weighted by Crippen LogP contribution is -2.17. The predicted molar refractivity (Wildman–Crippen MR) is 108 cm³/mol. The molecule has 7 nitrogen and oxygen atoms in total. The van der Waals surface area contributed by atoms with E-state index >= 15 is 0 Å². The molecule has 0 radical (unpaired) electrons. The van der Waals surface area contributed by atoms with Gasteiger partial charge in [-0.25, -0.2) is 9.97 Å². The van der Waals surface area contributed by atoms with E-state index in [0.29, 0.717) is 17.4 Å². The van der Waals surface area contributed by atoms with Gasteiger partial charge in [0.25, 0.3) is 5.91 Å². The van der Waals surface area contributed by atoms with Crippen LogP contribution in [0.5, 0.6) is 0 Å². The van der Waals surface area contributed by atoms with Gasteiger partial charge in [-0.3, -0.25) is 15.1 Å². The summed E-state index contributed by atoms with van der Waals surface area (Å²) < 4.78 is 7.06. The van der Waals surface area contributed by atoms with E-state index in [9.17, 15) is 4.79 Å². The first kappa shape index (κ1) is 17.9. The summed E-state index contributed by atoms with van der Waals surface area (Å²) in [5.74, 6) is 0.547. The highest BCUT2D eigenvalue weighted by atomic mass is 32.1. The van der Waals surface area contributed by atoms with Crippen LogP contribution in [-0.2, 0) is 6.54 Å². The van der Waals surface area contributed by atoms with Gasteiger partial charge in [-0.15, -0.1) is 11.3 Å². The van der Waals surface area contributed by atoms with Crippen molar-refractivity contribution in [1.82, 2.24) is 19.5 Å². The van der Waals surface area contributed by atoms with E-state index in [-0.39, 0.29) is 5.91 Å². The van der Waals surface area contributed by atoms with Crippen LogP contribution in [0, 0.1) is 6.92 Å². The second kappa shape index (κ2) is 8.01. The summed E-state index contributed by atoms with van der Waals surface area (Å²) in [6, 6.07) is 7.50. The molecule has 28 heavy (non-hydrogen) atoms. The average Bonchev–Trinajstić information content (AvgIpc) is 3.43. The number of hydrogen-bond donors (Lipinski definition) is 1. The Bertz CT molecular complexity index is 1110. The van der Waals surface area contributed by atoms with E-state index in [1.165, 1.54) is 17.7 Å². The minimum Gasteiger partial charge on any atom is -0.448 e. The lowest BCUT2D eigenvalue weighted by Gasteiger charge is -2.08. The Labute approximate surface area is 165 Å². The number of nitrogens with zero attached hydrogens (tertiary/aromatic N) is 4. The van der Waals surface area contributed by atoms with Crippen LogP contribution in [0.3, 0.4) is 0 Å². The standard InChI is InChI=1S/C20H17N5O2S/c1-14-17(22-13-27-14)5-4-16-12-28-20(23-16)24-19(26)18-3-2-10-25(18)11-15-6-8-21-9-7-15/h2-10,12-13H,11H2,1H3,(H,23,24,26)/b5-4+. The molecular formula is C20H17N5O2S. The summed E-state index contributed by atoms with van der Waals surface area (Å²) in [7, 11) is 0. The summed E-state index contributed by atoms with van der Waals surface area (Å²) >= 11 is 1.37. The first-order chi connectivity index (χ1) is 13.7. The van der Waals surface area contributed by atoms with E-state index in [4.69, 9.17) is 4.42 Å². The molecule has 4 aromatic rings. The number of carbonyl (C=O) groups excluding carboxylic acids is 1. The molecule has 0 saturated heterocycles. The predicted octanol–water partition coefficient (Wildman–Crippen LogP) is 4.11. The van der Waals surface area contributed by atoms with Gasteiger partial charge >= 0.3 is 0 Å². The van der Waals surface area contributed by atoms with E-state index in [0.717, 1.165) is 22.7 Å². The van der Waals surface area contributed by atoms with Crippen molar-refractivity contribution in [2.45, 2.75) is 13.5 Å². The summed E-state index contributed by atoms with van der Waals surface area (Å²) in [6.07, 6.45) is 10.4. The second-order valence-corrected chi connectivity index (χ2v) is 6.89. The number of thiazole rings is 1. The van der Waals surface area contributed by atoms with Crippen molar-refractivity contribution in [3.05, 3.63) is 83.0 Å². The molecule has 0 spiro atoms. The molecule has 8 heteroatoms. The fourth-order valence-corrected chi connectivity index (χ4v) is 3.34. The summed E-state index contributed by atoms with van der Waals surface area (Å²) in [5, 5.41) is 5.28. The Morgan fingerprint density at radius 3 is 2.93 bits per heavy atom. The van der Waals surface area contributed by atoms with Crippen LogP contribution in [0.15, 0.2) is 59.0 Å². The molecular weight excluding hydrogens is 374 g/mol. The van der Waals surface area contributed by atoms with Gasteiger partial charge in [0.05, 0.1) is 5.69 Å². The first-order valence-corrected chi connectivity index (χ1v) is 9.46. The van der Waals surface area contributed by atoms with Crippen molar-refractivity contribution in [1.29, 1.82) is 0 Å². The molecule has 1 N–H and O–H groups in total. The van der Waals surface area contributed by atoms with Crippen LogP contribution in [0.4, 0.5) is 5.13 Å². The van der Waals surface area contributed by atoms with Crippen molar-refractivity contribution >= 4 is 34.5 Å². The van der Waals surface area contributed by atoms with Gasteiger partial charge < -0.3 is 8.98 Å². The van der Waals surface area contributed by atoms with Crippen molar-refractivity contribution in [3.8, 4) is 0 Å². The molecule has 0 fully saturated rings. The third-order valence-corrected chi connectivity index (χ3v) is 4.88. The van der Waals surface area contributed by atoms with Crippen molar-refractivity contribution in [3.63, 3.8) is 0 Å². The molecule has 4 rings (SSSR count). The zero-order valence-electron chi connectivity index (χ0n) is 15.1. The summed E-state index contributed by atoms with van der Waals surface area (Å²) in [6.45, 7) is 2.45. The topological polar surface area (TPSA) is 85.8 Å². The maximum atomic E-state index is 12.7. The highest BCUT2D eigenvalue weighted by molar-refractivity contribution is 7.14. The van der Waals surface area contributed by atoms with Gasteiger partial charge in [0.1, 0.15) is 17.1 Å². The summed E-state index contributed by atoms with van der Waals surface area (Å²) in [5.41, 5.74) is 3.15. The molecule has 0 aromatic carbocycles. The fraction of sp³-hybridized carbons (Fsp3) is 0.100. The van der Waals surface area contributed by atoms with Gasteiger partial charge in [0.15, 0.2) is 11.5 Å². The number of anilines is 1. The average molecular weight is 391 g/mol. The molecule has 0 aliphatic rings. The van der Waals surface area contributed by atoms with E-state index in [1.54, 1.807) is 18.5 Å². The monoisotopic (exact) mass is 391 g/mol. The Balaban J connectivity index is 1.44. The summed E-state index contributed by atoms with van der Waals surface area (Å²) in [4.78, 5) is 25.2. The number of carbonyl (C=O) groups is 1. The SMILES string of the molecule is Cc1ocnc1/C=C/c1csc(NC(=O)c2cccn2Cc2ccncc2)n1. The van der Waals surface area contributed by atoms with Gasteiger partial charge in [-0.1, -0.05) is 0 Å². The Hall–Kier alpha value is -3.52. The van der Waals surface area contributed by atoms with Crippen LogP contribution in [0.25, 0.3) is 12.2 Å². The number of oxazole rings is 1. The maximum Gasteiger partial charge on any atom is 0.274 e. The maximum absolute atomic E-state index is 12.7. The zero-order valence-corrected chi connectivity index (χ0v) is 15.9. The van der Waals surface area contributed by atoms with Gasteiger partial charge in [0, 0.05) is 30.5 Å². The zero-order chi connectivity index (χ0) is 19.3. The first-order valence-electron chi connectivity index (χ1n) is 8.58. The lowest BCUT2D eigenvalue weighted by atomic mass is 10.2. The number of aryl methyl sites for hydroxylation is 1. The Morgan fingerprint density at radius 2 is 2.14 bits per heavy atom. The van der Waals surface area contributed by atoms with Gasteiger partial charge in [0.2, 0.25) is 0 Å². The third kappa shape index (κ3) is 4.07. The van der Waals surface area contributed by atoms with Crippen LogP contribution in [0.1, 0.15) is 33.2 Å². The second-order valence-electron chi connectivity index (χ2n) is 6.04. The van der Waals surface area contributed by atoms with Crippen molar-refractivity contribution in [2.24, 2.45) is 0 Å². The van der Waals surface area contributed by atoms with Crippen LogP contribution >= 0.6 is 11.3 Å². The molecule has 1 amide bonds. The Kier molecular flexibility index (Phi) is 5.11. The molecule has 0 bridgehead atoms. The minimum atomic E-state index is -0.198. The van der Waals surface area contributed by atoms with E-state index in [2.05, 4.69) is 20.3 Å². The van der Waals surface area contributed by atoms with Crippen molar-refractivity contribution < 1.29 is 9.21 Å². The van der Waals surface area contributed by atoms with Crippen LogP contribution in [0.2, 0.25) is 0 Å². The lowest BCUT2D eigenvalue weighted by molar-refractivity contribution is 0.101. The molecule has 4 heterocycles. The normalized spacial score (nSPS) is 11.2. The molecule has 0 aliphatic heterocycles. The largest absolute Gasteiger partial charge is 0.448 e. The van der Waals surface area contributed by atoms with Gasteiger partial charge in [-0.05, 0) is 48.9 Å². The molecule has 140 valence electrons. The van der Waals surface area contributed by atoms with Crippen LogP contribution in [-0.4, -0.2) is 25.4 Å². The molecule has 0 saturated carbocycles. The number of nitrogens with one attached hydrogen (secondary N) is 1. The minimum absolute atomic E-state index is 0.198. The van der Waals surface area contributed by atoms with Crippen LogP contribution < -0.4 is 5.32 Å². The number of hydrogen-bond acceptors (Lipinski definition) is 6. The number of amides is 1. The smallest absolute Gasteiger partial charge is 0.274 e. The fourth-order valence-electron chi connectivity index (χ4n) is 2.66. The highest BCUT2D eigenvalue weighted by Crippen LogP contribution is 2.19. The third-order valence-electron chi connectivity index (χ3n) is 4.10. The van der Waals surface area contributed by atoms with Gasteiger partial charge in [-0.2, -0.15) is 0 Å². The van der Waals surface area contributed by atoms with E-state index < -0.39 is 0 Å². The number of pyridine rings is 1. The molecule has 0 unspecified atom stereocenters. The number of rotatable bonds is 6. The van der Waals surface area contributed by atoms with E-state index in [1.807, 2.05) is 53.4 Å². The van der Waals surface area contributed by atoms with Crippen molar-refractivity contribution in [2.75, 3.05) is 5.32 Å². The molecule has 0 atom stereocenters. The quantitative estimate of drug-likeness (QED) is 0.535. The highest BCUT2D eigenvalue weighted by Gasteiger charge is 2.13. The molecule has 4 aromatic heterocycles.